The van der Waals surface area contributed by atoms with E-state index in [1.54, 1.807) is 0 Å². The largest absolute Gasteiger partial charge is 0.396 e. The zero-order valence-electron chi connectivity index (χ0n) is 13.4. The molecule has 0 fully saturated rings. The summed E-state index contributed by atoms with van der Waals surface area (Å²) in [5, 5.41) is 9.76. The van der Waals surface area contributed by atoms with Gasteiger partial charge in [-0.2, -0.15) is 0 Å². The van der Waals surface area contributed by atoms with Crippen LogP contribution in [0.5, 0.6) is 0 Å². The van der Waals surface area contributed by atoms with E-state index in [-0.39, 0.29) is 12.7 Å². The second kappa shape index (κ2) is 6.23. The van der Waals surface area contributed by atoms with Crippen LogP contribution in [0, 0.1) is 0 Å². The van der Waals surface area contributed by atoms with Crippen molar-refractivity contribution in [3.05, 3.63) is 107 Å². The van der Waals surface area contributed by atoms with Gasteiger partial charge in [0.25, 0.3) is 0 Å². The van der Waals surface area contributed by atoms with Gasteiger partial charge in [0.05, 0.1) is 0 Å². The number of fused-ring (bicyclic) bond motifs is 1. The molecule has 0 bridgehead atoms. The van der Waals surface area contributed by atoms with Crippen molar-refractivity contribution in [3.8, 4) is 0 Å². The predicted molar refractivity (Wildman–Crippen MR) is 94.7 cm³/mol. The van der Waals surface area contributed by atoms with Crippen molar-refractivity contribution >= 4 is 0 Å². The second-order valence-electron chi connectivity index (χ2n) is 6.16. The number of rotatable bonds is 4. The summed E-state index contributed by atoms with van der Waals surface area (Å²) in [7, 11) is 0. The fourth-order valence-corrected chi connectivity index (χ4v) is 3.72. The smallest absolute Gasteiger partial charge is 0.122 e. The van der Waals surface area contributed by atoms with Crippen molar-refractivity contribution in [2.75, 3.05) is 6.61 Å². The van der Waals surface area contributed by atoms with E-state index in [1.807, 2.05) is 42.5 Å². The van der Waals surface area contributed by atoms with E-state index in [0.717, 1.165) is 16.7 Å². The van der Waals surface area contributed by atoms with Crippen LogP contribution in [0.15, 0.2) is 84.9 Å². The Balaban J connectivity index is 1.90. The van der Waals surface area contributed by atoms with Crippen molar-refractivity contribution < 1.29 is 9.84 Å². The van der Waals surface area contributed by atoms with Crippen LogP contribution in [0.25, 0.3) is 0 Å². The van der Waals surface area contributed by atoms with Crippen LogP contribution in [0.3, 0.4) is 0 Å². The molecule has 0 amide bonds. The molecule has 1 heterocycles. The van der Waals surface area contributed by atoms with Gasteiger partial charge in [-0.25, -0.2) is 0 Å². The van der Waals surface area contributed by atoms with Gasteiger partial charge in [0.15, 0.2) is 0 Å². The molecular weight excluding hydrogens is 296 g/mol. The van der Waals surface area contributed by atoms with Gasteiger partial charge in [0, 0.05) is 13.0 Å². The highest BCUT2D eigenvalue weighted by Crippen LogP contribution is 2.51. The van der Waals surface area contributed by atoms with Crippen LogP contribution in [-0.4, -0.2) is 11.7 Å². The maximum absolute atomic E-state index is 9.76. The Morgan fingerprint density at radius 2 is 1.42 bits per heavy atom. The third-order valence-electron chi connectivity index (χ3n) is 4.80. The molecule has 0 radical (unpaired) electrons. The molecule has 0 saturated heterocycles. The van der Waals surface area contributed by atoms with Crippen LogP contribution in [0.4, 0.5) is 0 Å². The van der Waals surface area contributed by atoms with Crippen LogP contribution in [0.1, 0.15) is 34.8 Å². The Kier molecular flexibility index (Phi) is 3.93. The summed E-state index contributed by atoms with van der Waals surface area (Å²) in [6.07, 6.45) is 0.423. The lowest BCUT2D eigenvalue weighted by atomic mass is 9.82. The van der Waals surface area contributed by atoms with E-state index in [0.29, 0.717) is 6.42 Å². The first-order valence-electron chi connectivity index (χ1n) is 8.34. The molecule has 3 aromatic carbocycles. The summed E-state index contributed by atoms with van der Waals surface area (Å²) in [6.45, 7) is 0.0741. The molecule has 1 N–H and O–H groups in total. The van der Waals surface area contributed by atoms with E-state index >= 15 is 0 Å². The van der Waals surface area contributed by atoms with Gasteiger partial charge >= 0.3 is 0 Å². The predicted octanol–water partition coefficient (Wildman–Crippen LogP) is 4.43. The Morgan fingerprint density at radius 3 is 2.12 bits per heavy atom. The minimum Gasteiger partial charge on any atom is -0.396 e. The summed E-state index contributed by atoms with van der Waals surface area (Å²) in [5.74, 6) is 0. The zero-order chi connectivity index (χ0) is 16.4. The maximum Gasteiger partial charge on any atom is 0.122 e. The highest BCUT2D eigenvalue weighted by atomic mass is 16.5. The summed E-state index contributed by atoms with van der Waals surface area (Å²) in [4.78, 5) is 0. The maximum atomic E-state index is 9.76. The van der Waals surface area contributed by atoms with E-state index in [1.165, 1.54) is 5.56 Å². The molecule has 0 aromatic heterocycles. The van der Waals surface area contributed by atoms with Crippen molar-refractivity contribution in [1.29, 1.82) is 0 Å². The van der Waals surface area contributed by atoms with Crippen LogP contribution in [0.2, 0.25) is 0 Å². The summed E-state index contributed by atoms with van der Waals surface area (Å²) < 4.78 is 6.67. The molecule has 0 saturated carbocycles. The third-order valence-corrected chi connectivity index (χ3v) is 4.80. The number of aliphatic hydroxyl groups is 1. The summed E-state index contributed by atoms with van der Waals surface area (Å²) >= 11 is 0. The molecule has 0 aliphatic carbocycles. The Morgan fingerprint density at radius 1 is 0.792 bits per heavy atom. The van der Waals surface area contributed by atoms with Crippen LogP contribution in [-0.2, 0) is 10.3 Å². The van der Waals surface area contributed by atoms with Crippen LogP contribution < -0.4 is 0 Å². The van der Waals surface area contributed by atoms with Gasteiger partial charge in [0.2, 0.25) is 0 Å². The van der Waals surface area contributed by atoms with Gasteiger partial charge in [0.1, 0.15) is 11.7 Å². The molecule has 4 rings (SSSR count). The molecule has 2 heteroatoms. The van der Waals surface area contributed by atoms with E-state index in [2.05, 4.69) is 42.5 Å². The molecule has 1 aliphatic heterocycles. The summed E-state index contributed by atoms with van der Waals surface area (Å²) in [6, 6.07) is 28.9. The lowest BCUT2D eigenvalue weighted by molar-refractivity contribution is -0.0451. The van der Waals surface area contributed by atoms with E-state index < -0.39 is 5.60 Å². The average Bonchev–Trinajstić information content (AvgIpc) is 2.99. The lowest BCUT2D eigenvalue weighted by Gasteiger charge is -2.31. The highest BCUT2D eigenvalue weighted by molar-refractivity contribution is 5.49. The van der Waals surface area contributed by atoms with Crippen LogP contribution >= 0.6 is 0 Å². The molecule has 120 valence electrons. The lowest BCUT2D eigenvalue weighted by Crippen LogP contribution is -2.29. The molecule has 24 heavy (non-hydrogen) atoms. The van der Waals surface area contributed by atoms with Gasteiger partial charge in [-0.15, -0.1) is 0 Å². The monoisotopic (exact) mass is 316 g/mol. The van der Waals surface area contributed by atoms with Gasteiger partial charge in [-0.3, -0.25) is 0 Å². The minimum atomic E-state index is -0.604. The first-order chi connectivity index (χ1) is 11.8. The topological polar surface area (TPSA) is 29.5 Å². The van der Waals surface area contributed by atoms with Gasteiger partial charge in [-0.05, 0) is 22.3 Å². The molecule has 2 unspecified atom stereocenters. The fraction of sp³-hybridized carbons (Fsp3) is 0.182. The van der Waals surface area contributed by atoms with E-state index in [4.69, 9.17) is 4.74 Å². The SMILES string of the molecule is OCCC1(c2ccccc2)OC(c2ccccc2)c2ccccc21. The minimum absolute atomic E-state index is 0.0741. The quantitative estimate of drug-likeness (QED) is 0.771. The van der Waals surface area contributed by atoms with Crippen molar-refractivity contribution in [2.45, 2.75) is 18.1 Å². The normalized spacial score (nSPS) is 22.3. The zero-order valence-corrected chi connectivity index (χ0v) is 13.4. The van der Waals surface area contributed by atoms with Crippen molar-refractivity contribution in [1.82, 2.24) is 0 Å². The number of hydrogen-bond donors (Lipinski definition) is 1. The number of benzene rings is 3. The third kappa shape index (κ3) is 2.35. The Hall–Kier alpha value is -2.42. The van der Waals surface area contributed by atoms with Gasteiger partial charge in [-0.1, -0.05) is 84.9 Å². The molecule has 0 spiro atoms. The Labute approximate surface area is 142 Å². The number of ether oxygens (including phenoxy) is 1. The standard InChI is InChI=1S/C22H20O2/c23-16-15-22(18-11-5-2-6-12-18)20-14-8-7-13-19(20)21(24-22)17-9-3-1-4-10-17/h1-14,21,23H,15-16H2. The first kappa shape index (κ1) is 15.1. The molecular formula is C22H20O2. The fourth-order valence-electron chi connectivity index (χ4n) is 3.72. The summed E-state index contributed by atoms with van der Waals surface area (Å²) in [5.41, 5.74) is 3.96. The highest BCUT2D eigenvalue weighted by Gasteiger charge is 2.46. The van der Waals surface area contributed by atoms with Gasteiger partial charge < -0.3 is 9.84 Å². The van der Waals surface area contributed by atoms with E-state index in [9.17, 15) is 5.11 Å². The molecule has 2 nitrogen and oxygen atoms in total. The molecule has 3 aromatic rings. The first-order valence-corrected chi connectivity index (χ1v) is 8.34. The van der Waals surface area contributed by atoms with Crippen molar-refractivity contribution in [2.24, 2.45) is 0 Å². The average molecular weight is 316 g/mol. The Bertz CT molecular complexity index is 814. The molecule has 1 aliphatic rings. The van der Waals surface area contributed by atoms with Crippen molar-refractivity contribution in [3.63, 3.8) is 0 Å². The molecule has 2 atom stereocenters. The number of hydrogen-bond acceptors (Lipinski definition) is 2. The number of aliphatic hydroxyl groups excluding tert-OH is 1. The second-order valence-corrected chi connectivity index (χ2v) is 6.16.